The molecule has 0 atom stereocenters. The summed E-state index contributed by atoms with van der Waals surface area (Å²) >= 11 is 0. The van der Waals surface area contributed by atoms with E-state index < -0.39 is 0 Å². The largest absolute Gasteiger partial charge is 0.455 e. The zero-order chi connectivity index (χ0) is 33.7. The highest BCUT2D eigenvalue weighted by Gasteiger charge is 2.29. The van der Waals surface area contributed by atoms with Crippen LogP contribution in [0.5, 0.6) is 0 Å². The molecule has 4 nitrogen and oxygen atoms in total. The number of benzene rings is 8. The number of furan rings is 1. The van der Waals surface area contributed by atoms with Crippen LogP contribution < -0.4 is 4.90 Å². The summed E-state index contributed by atoms with van der Waals surface area (Å²) in [4.78, 5) is 2.41. The molecule has 0 saturated carbocycles. The average Bonchev–Trinajstić information content (AvgIpc) is 4.00. The van der Waals surface area contributed by atoms with Crippen molar-refractivity contribution < 1.29 is 4.42 Å². The summed E-state index contributed by atoms with van der Waals surface area (Å²) in [7, 11) is 0. The fourth-order valence-electron chi connectivity index (χ4n) is 9.56. The van der Waals surface area contributed by atoms with E-state index in [0.717, 1.165) is 39.0 Å². The second-order valence-corrected chi connectivity index (χ2v) is 14.0. The van der Waals surface area contributed by atoms with Gasteiger partial charge in [0.05, 0.1) is 44.2 Å². The molecule has 0 bridgehead atoms. The van der Waals surface area contributed by atoms with Gasteiger partial charge in [-0.15, -0.1) is 0 Å². The van der Waals surface area contributed by atoms with Crippen LogP contribution >= 0.6 is 0 Å². The van der Waals surface area contributed by atoms with Crippen molar-refractivity contribution in [3.8, 4) is 0 Å². The molecule has 13 rings (SSSR count). The van der Waals surface area contributed by atoms with E-state index >= 15 is 0 Å². The minimum atomic E-state index is 0.919. The third-order valence-electron chi connectivity index (χ3n) is 11.5. The minimum absolute atomic E-state index is 0.919. The van der Waals surface area contributed by atoms with Gasteiger partial charge in [-0.3, -0.25) is 0 Å². The number of fused-ring (bicyclic) bond motifs is 17. The topological polar surface area (TPSA) is 25.2 Å². The maximum absolute atomic E-state index is 6.82. The van der Waals surface area contributed by atoms with E-state index in [1.807, 2.05) is 0 Å². The molecule has 0 saturated heterocycles. The molecule has 0 spiro atoms. The molecule has 4 heteroatoms. The Hall–Kier alpha value is -7.04. The van der Waals surface area contributed by atoms with E-state index in [9.17, 15) is 0 Å². The van der Waals surface area contributed by atoms with Gasteiger partial charge in [0.25, 0.3) is 0 Å². The number of aromatic nitrogens is 2. The van der Waals surface area contributed by atoms with Gasteiger partial charge in [-0.1, -0.05) is 97.1 Å². The molecule has 0 N–H and O–H groups in total. The summed E-state index contributed by atoms with van der Waals surface area (Å²) < 4.78 is 11.8. The van der Waals surface area contributed by atoms with Crippen molar-refractivity contribution in [3.63, 3.8) is 0 Å². The molecule has 0 radical (unpaired) electrons. The van der Waals surface area contributed by atoms with E-state index in [1.165, 1.54) is 76.2 Å². The summed E-state index contributed by atoms with van der Waals surface area (Å²) in [5.41, 5.74) is 12.6. The summed E-state index contributed by atoms with van der Waals surface area (Å²) in [6.07, 6.45) is 0. The molecule has 0 aliphatic heterocycles. The quantitative estimate of drug-likeness (QED) is 0.188. The van der Waals surface area contributed by atoms with E-state index in [1.54, 1.807) is 0 Å². The summed E-state index contributed by atoms with van der Waals surface area (Å²) in [6.45, 7) is 0. The van der Waals surface area contributed by atoms with Gasteiger partial charge in [-0.2, -0.15) is 0 Å². The Bertz CT molecular complexity index is 3530. The van der Waals surface area contributed by atoms with Crippen molar-refractivity contribution in [1.29, 1.82) is 0 Å². The molecular formula is C48H27N3O. The molecule has 0 fully saturated rings. The van der Waals surface area contributed by atoms with E-state index in [2.05, 4.69) is 177 Å². The standard InChI is InChI=1S/C48H27N3O/c1-3-13-28(14-4-1)49(29-15-5-2-6-16-29)38-26-24-34-42-40(51-37-21-11-8-19-33(37)43(38)46(34)51)27-35-30-17-7-10-20-36(30)50-39-25-23-32-31-18-9-12-22-41(31)52-48(32)44(39)45(42)47(35)50/h1-27H. The van der Waals surface area contributed by atoms with Crippen LogP contribution in [0.2, 0.25) is 0 Å². The Labute approximate surface area is 296 Å². The van der Waals surface area contributed by atoms with E-state index in [-0.39, 0.29) is 0 Å². The van der Waals surface area contributed by atoms with Crippen molar-refractivity contribution >= 4 is 115 Å². The molecule has 13 aromatic rings. The van der Waals surface area contributed by atoms with Crippen molar-refractivity contribution in [2.45, 2.75) is 0 Å². The first-order valence-electron chi connectivity index (χ1n) is 17.9. The van der Waals surface area contributed by atoms with Crippen molar-refractivity contribution in [1.82, 2.24) is 8.80 Å². The molecule has 0 amide bonds. The highest BCUT2D eigenvalue weighted by atomic mass is 16.3. The smallest absolute Gasteiger partial charge is 0.145 e. The highest BCUT2D eigenvalue weighted by molar-refractivity contribution is 6.41. The van der Waals surface area contributed by atoms with Crippen LogP contribution in [-0.2, 0) is 0 Å². The Morgan fingerprint density at radius 1 is 0.365 bits per heavy atom. The van der Waals surface area contributed by atoms with Gasteiger partial charge < -0.3 is 18.1 Å². The molecule has 8 aromatic carbocycles. The lowest BCUT2D eigenvalue weighted by Gasteiger charge is -2.26. The van der Waals surface area contributed by atoms with Gasteiger partial charge in [0, 0.05) is 59.9 Å². The Kier molecular flexibility index (Phi) is 4.83. The van der Waals surface area contributed by atoms with Crippen molar-refractivity contribution in [2.75, 3.05) is 4.90 Å². The molecule has 0 aliphatic rings. The monoisotopic (exact) mass is 661 g/mol. The van der Waals surface area contributed by atoms with Gasteiger partial charge in [0.15, 0.2) is 0 Å². The summed E-state index contributed by atoms with van der Waals surface area (Å²) in [5, 5.41) is 12.3. The fourth-order valence-corrected chi connectivity index (χ4v) is 9.56. The maximum Gasteiger partial charge on any atom is 0.145 e. The zero-order valence-corrected chi connectivity index (χ0v) is 27.8. The summed E-state index contributed by atoms with van der Waals surface area (Å²) in [5.74, 6) is 0. The van der Waals surface area contributed by atoms with Crippen LogP contribution in [-0.4, -0.2) is 8.80 Å². The van der Waals surface area contributed by atoms with Crippen LogP contribution in [0, 0.1) is 0 Å². The second kappa shape index (κ2) is 9.39. The minimum Gasteiger partial charge on any atom is -0.455 e. The third-order valence-corrected chi connectivity index (χ3v) is 11.5. The normalized spacial score (nSPS) is 12.6. The first-order chi connectivity index (χ1) is 25.8. The average molecular weight is 662 g/mol. The second-order valence-electron chi connectivity index (χ2n) is 14.0. The Morgan fingerprint density at radius 3 is 1.73 bits per heavy atom. The number of hydrogen-bond donors (Lipinski definition) is 0. The molecule has 52 heavy (non-hydrogen) atoms. The van der Waals surface area contributed by atoms with Crippen LogP contribution in [0.4, 0.5) is 17.1 Å². The lowest BCUT2D eigenvalue weighted by atomic mass is 9.99. The maximum atomic E-state index is 6.82. The molecule has 0 aliphatic carbocycles. The van der Waals surface area contributed by atoms with Crippen molar-refractivity contribution in [2.24, 2.45) is 0 Å². The predicted molar refractivity (Wildman–Crippen MR) is 218 cm³/mol. The Balaban J connectivity index is 1.29. The molecule has 5 heterocycles. The van der Waals surface area contributed by atoms with Gasteiger partial charge in [-0.05, 0) is 66.7 Å². The third kappa shape index (κ3) is 3.11. The molecule has 0 unspecified atom stereocenters. The molecular weight excluding hydrogens is 635 g/mol. The lowest BCUT2D eigenvalue weighted by Crippen LogP contribution is -2.10. The van der Waals surface area contributed by atoms with Gasteiger partial charge in [0.2, 0.25) is 0 Å². The SMILES string of the molecule is c1ccc(N(c2ccccc2)c2ccc3c4c5c6c7oc8ccccc8c7ccc6n6c7ccccc7c(cc4n4c7ccccc7c2c34)c56)cc1. The number of nitrogens with zero attached hydrogens (tertiary/aromatic N) is 3. The van der Waals surface area contributed by atoms with Crippen LogP contribution in [0.3, 0.4) is 0 Å². The first kappa shape index (κ1) is 26.8. The van der Waals surface area contributed by atoms with Gasteiger partial charge in [-0.25, -0.2) is 0 Å². The fraction of sp³-hybridized carbons (Fsp3) is 0. The van der Waals surface area contributed by atoms with Gasteiger partial charge in [0.1, 0.15) is 11.2 Å². The van der Waals surface area contributed by atoms with Gasteiger partial charge >= 0.3 is 0 Å². The number of anilines is 3. The van der Waals surface area contributed by atoms with Crippen LogP contribution in [0.15, 0.2) is 168 Å². The lowest BCUT2D eigenvalue weighted by molar-refractivity contribution is 0.673. The van der Waals surface area contributed by atoms with Crippen molar-refractivity contribution in [3.05, 3.63) is 164 Å². The van der Waals surface area contributed by atoms with E-state index in [4.69, 9.17) is 4.42 Å². The predicted octanol–water partition coefficient (Wildman–Crippen LogP) is 13.4. The summed E-state index contributed by atoms with van der Waals surface area (Å²) in [6, 6.07) is 59.4. The molecule has 240 valence electrons. The van der Waals surface area contributed by atoms with Crippen LogP contribution in [0.25, 0.3) is 98.1 Å². The zero-order valence-electron chi connectivity index (χ0n) is 27.8. The number of rotatable bonds is 3. The van der Waals surface area contributed by atoms with Crippen LogP contribution in [0.1, 0.15) is 0 Å². The highest BCUT2D eigenvalue weighted by Crippen LogP contribution is 2.52. The van der Waals surface area contributed by atoms with E-state index in [0.29, 0.717) is 0 Å². The first-order valence-corrected chi connectivity index (χ1v) is 17.9. The molecule has 5 aromatic heterocycles. The number of hydrogen-bond acceptors (Lipinski definition) is 2. The number of para-hydroxylation sites is 5. The Morgan fingerprint density at radius 2 is 0.962 bits per heavy atom.